The molecular weight excluding hydrogens is 240 g/mol. The summed E-state index contributed by atoms with van der Waals surface area (Å²) in [6, 6.07) is 0.0969. The maximum atomic E-state index is 12.4. The highest BCUT2D eigenvalue weighted by Gasteiger charge is 2.40. The molecule has 1 N–H and O–H groups in total. The Morgan fingerprint density at radius 1 is 1.47 bits per heavy atom. The van der Waals surface area contributed by atoms with Crippen LogP contribution in [0.4, 0.5) is 4.79 Å². The van der Waals surface area contributed by atoms with Crippen molar-refractivity contribution in [2.24, 2.45) is 11.8 Å². The predicted molar refractivity (Wildman–Crippen MR) is 75.9 cm³/mol. The van der Waals surface area contributed by atoms with Crippen LogP contribution in [0.1, 0.15) is 27.2 Å². The molecule has 0 aromatic carbocycles. The third-order valence-electron chi connectivity index (χ3n) is 4.32. The lowest BCUT2D eigenvalue weighted by molar-refractivity contribution is 0.132. The van der Waals surface area contributed by atoms with Gasteiger partial charge in [-0.05, 0) is 38.7 Å². The molecule has 106 valence electrons. The van der Waals surface area contributed by atoms with Crippen molar-refractivity contribution in [1.29, 1.82) is 0 Å². The molecule has 4 nitrogen and oxygen atoms in total. The highest BCUT2D eigenvalue weighted by Crippen LogP contribution is 2.39. The molecular formula is C15H24N2O2. The minimum absolute atomic E-state index is 0.0969. The molecule has 0 bridgehead atoms. The number of carbonyl (C=O) groups is 1. The first-order valence-corrected chi connectivity index (χ1v) is 6.82. The third kappa shape index (κ3) is 2.62. The number of likely N-dealkylation sites (tertiary alicyclic amines) is 1. The Kier molecular flexibility index (Phi) is 3.37. The molecule has 0 radical (unpaired) electrons. The van der Waals surface area contributed by atoms with Crippen LogP contribution in [0.15, 0.2) is 24.0 Å². The van der Waals surface area contributed by atoms with Crippen molar-refractivity contribution in [3.8, 4) is 0 Å². The second-order valence-electron chi connectivity index (χ2n) is 6.68. The summed E-state index contributed by atoms with van der Waals surface area (Å²) in [5, 5.41) is 9.43. The fraction of sp³-hybridized carbons (Fsp3) is 0.667. The normalized spacial score (nSPS) is 26.1. The third-order valence-corrected chi connectivity index (χ3v) is 4.32. The zero-order chi connectivity index (χ0) is 14.4. The van der Waals surface area contributed by atoms with Gasteiger partial charge in [0.25, 0.3) is 0 Å². The molecule has 0 aromatic heterocycles. The van der Waals surface area contributed by atoms with Crippen molar-refractivity contribution in [3.63, 3.8) is 0 Å². The van der Waals surface area contributed by atoms with Gasteiger partial charge in [-0.1, -0.05) is 12.7 Å². The SMILES string of the molecule is C=C(O)C1=CC2CN(C(=O)N(C)C(C)(C)C)CC2C1. The molecule has 1 saturated heterocycles. The Hall–Kier alpha value is -1.45. The molecule has 1 fully saturated rings. The smallest absolute Gasteiger partial charge is 0.320 e. The van der Waals surface area contributed by atoms with E-state index >= 15 is 0 Å². The van der Waals surface area contributed by atoms with Crippen molar-refractivity contribution >= 4 is 6.03 Å². The van der Waals surface area contributed by atoms with Crippen LogP contribution >= 0.6 is 0 Å². The highest BCUT2D eigenvalue weighted by molar-refractivity contribution is 5.75. The largest absolute Gasteiger partial charge is 0.508 e. The van der Waals surface area contributed by atoms with Crippen molar-refractivity contribution < 1.29 is 9.90 Å². The number of aliphatic hydroxyl groups excluding tert-OH is 1. The Morgan fingerprint density at radius 2 is 2.11 bits per heavy atom. The standard InChI is InChI=1S/C15H24N2O2/c1-10(18)11-6-12-8-17(9-13(12)7-11)14(19)16(5)15(2,3)4/h6,12-13,18H,1,7-9H2,2-5H3. The average Bonchev–Trinajstić information content (AvgIpc) is 2.82. The number of hydrogen-bond acceptors (Lipinski definition) is 2. The number of amides is 2. The van der Waals surface area contributed by atoms with E-state index in [9.17, 15) is 9.90 Å². The maximum Gasteiger partial charge on any atom is 0.320 e. The van der Waals surface area contributed by atoms with E-state index in [0.717, 1.165) is 25.1 Å². The minimum atomic E-state index is -0.158. The molecule has 19 heavy (non-hydrogen) atoms. The van der Waals surface area contributed by atoms with Crippen LogP contribution in [-0.2, 0) is 0 Å². The molecule has 2 aliphatic rings. The number of nitrogens with zero attached hydrogens (tertiary/aromatic N) is 2. The van der Waals surface area contributed by atoms with Gasteiger partial charge in [-0.2, -0.15) is 0 Å². The van der Waals surface area contributed by atoms with E-state index in [1.54, 1.807) is 4.90 Å². The number of allylic oxidation sites excluding steroid dienone is 1. The summed E-state index contributed by atoms with van der Waals surface area (Å²) in [4.78, 5) is 16.1. The van der Waals surface area contributed by atoms with Gasteiger partial charge in [0.05, 0.1) is 0 Å². The molecule has 1 aliphatic heterocycles. The number of aliphatic hydroxyl groups is 1. The maximum absolute atomic E-state index is 12.4. The van der Waals surface area contributed by atoms with Crippen molar-refractivity contribution in [3.05, 3.63) is 24.0 Å². The summed E-state index contributed by atoms with van der Waals surface area (Å²) in [5.41, 5.74) is 0.793. The molecule has 1 heterocycles. The van der Waals surface area contributed by atoms with Crippen molar-refractivity contribution in [2.45, 2.75) is 32.7 Å². The lowest BCUT2D eigenvalue weighted by Crippen LogP contribution is -2.49. The monoisotopic (exact) mass is 264 g/mol. The minimum Gasteiger partial charge on any atom is -0.508 e. The summed E-state index contributed by atoms with van der Waals surface area (Å²) in [6.45, 7) is 11.2. The predicted octanol–water partition coefficient (Wildman–Crippen LogP) is 2.79. The van der Waals surface area contributed by atoms with Gasteiger partial charge in [-0.3, -0.25) is 0 Å². The van der Waals surface area contributed by atoms with Gasteiger partial charge in [0, 0.05) is 31.6 Å². The fourth-order valence-corrected chi connectivity index (χ4v) is 2.78. The van der Waals surface area contributed by atoms with Gasteiger partial charge in [0.1, 0.15) is 5.76 Å². The molecule has 2 rings (SSSR count). The van der Waals surface area contributed by atoms with E-state index in [2.05, 4.69) is 12.7 Å². The molecule has 2 atom stereocenters. The van der Waals surface area contributed by atoms with E-state index in [1.165, 1.54) is 0 Å². The quantitative estimate of drug-likeness (QED) is 0.740. The topological polar surface area (TPSA) is 43.8 Å². The van der Waals surface area contributed by atoms with Crippen LogP contribution < -0.4 is 0 Å². The molecule has 2 unspecified atom stereocenters. The zero-order valence-corrected chi connectivity index (χ0v) is 12.3. The number of fused-ring (bicyclic) bond motifs is 1. The van der Waals surface area contributed by atoms with Crippen LogP contribution in [-0.4, -0.2) is 46.6 Å². The summed E-state index contributed by atoms with van der Waals surface area (Å²) < 4.78 is 0. The molecule has 0 saturated carbocycles. The molecule has 1 aliphatic carbocycles. The Bertz CT molecular complexity index is 434. The molecule has 0 spiro atoms. The summed E-state index contributed by atoms with van der Waals surface area (Å²) >= 11 is 0. The van der Waals surface area contributed by atoms with Crippen LogP contribution in [0.25, 0.3) is 0 Å². The summed E-state index contributed by atoms with van der Waals surface area (Å²) in [7, 11) is 1.85. The van der Waals surface area contributed by atoms with E-state index in [4.69, 9.17) is 0 Å². The van der Waals surface area contributed by atoms with E-state index in [1.807, 2.05) is 32.7 Å². The Labute approximate surface area is 115 Å². The second kappa shape index (κ2) is 4.58. The number of rotatable bonds is 1. The lowest BCUT2D eigenvalue weighted by Gasteiger charge is -2.35. The number of hydrogen-bond donors (Lipinski definition) is 1. The van der Waals surface area contributed by atoms with E-state index in [0.29, 0.717) is 11.8 Å². The first kappa shape index (κ1) is 14.0. The fourth-order valence-electron chi connectivity index (χ4n) is 2.78. The molecule has 0 aromatic rings. The van der Waals surface area contributed by atoms with E-state index < -0.39 is 0 Å². The lowest BCUT2D eigenvalue weighted by atomic mass is 10.00. The average molecular weight is 264 g/mol. The zero-order valence-electron chi connectivity index (χ0n) is 12.3. The van der Waals surface area contributed by atoms with Crippen LogP contribution in [0.5, 0.6) is 0 Å². The van der Waals surface area contributed by atoms with Crippen LogP contribution in [0.3, 0.4) is 0 Å². The number of carbonyl (C=O) groups excluding carboxylic acids is 1. The van der Waals surface area contributed by atoms with Gasteiger partial charge >= 0.3 is 6.03 Å². The Balaban J connectivity index is 2.02. The first-order chi connectivity index (χ1) is 8.70. The summed E-state index contributed by atoms with van der Waals surface area (Å²) in [5.74, 6) is 0.992. The van der Waals surface area contributed by atoms with Gasteiger partial charge in [-0.15, -0.1) is 0 Å². The first-order valence-electron chi connectivity index (χ1n) is 6.82. The number of urea groups is 1. The van der Waals surface area contributed by atoms with Gasteiger partial charge in [0.2, 0.25) is 0 Å². The van der Waals surface area contributed by atoms with E-state index in [-0.39, 0.29) is 17.3 Å². The van der Waals surface area contributed by atoms with Gasteiger partial charge in [0.15, 0.2) is 0 Å². The highest BCUT2D eigenvalue weighted by atomic mass is 16.3. The Morgan fingerprint density at radius 3 is 2.58 bits per heavy atom. The van der Waals surface area contributed by atoms with Crippen LogP contribution in [0.2, 0.25) is 0 Å². The van der Waals surface area contributed by atoms with Crippen molar-refractivity contribution in [2.75, 3.05) is 20.1 Å². The van der Waals surface area contributed by atoms with Crippen LogP contribution in [0, 0.1) is 11.8 Å². The van der Waals surface area contributed by atoms with Gasteiger partial charge in [-0.25, -0.2) is 4.79 Å². The van der Waals surface area contributed by atoms with Gasteiger partial charge < -0.3 is 14.9 Å². The van der Waals surface area contributed by atoms with Crippen molar-refractivity contribution in [1.82, 2.24) is 9.80 Å². The summed E-state index contributed by atoms with van der Waals surface area (Å²) in [6.07, 6.45) is 2.92. The molecule has 4 heteroatoms. The molecule has 2 amide bonds. The second-order valence-corrected chi connectivity index (χ2v) is 6.68.